The fraction of sp³-hybridized carbons (Fsp3) is 0.0714. The molecule has 0 aliphatic carbocycles. The maximum atomic E-state index is 13.7. The highest BCUT2D eigenvalue weighted by Gasteiger charge is 2.10. The van der Waals surface area contributed by atoms with Crippen LogP contribution in [0.1, 0.15) is 15.9 Å². The second-order valence-corrected chi connectivity index (χ2v) is 4.37. The Hall–Kier alpha value is -1.87. The zero-order chi connectivity index (χ0) is 13.3. The van der Waals surface area contributed by atoms with E-state index >= 15 is 0 Å². The van der Waals surface area contributed by atoms with E-state index in [0.29, 0.717) is 10.6 Å². The minimum absolute atomic E-state index is 0.0546. The minimum Gasteiger partial charge on any atom is -0.478 e. The van der Waals surface area contributed by atoms with Crippen molar-refractivity contribution >= 4 is 17.6 Å². The lowest BCUT2D eigenvalue weighted by molar-refractivity contribution is 0.0697. The normalized spacial score (nSPS) is 10.4. The van der Waals surface area contributed by atoms with Crippen LogP contribution in [-0.4, -0.2) is 11.1 Å². The summed E-state index contributed by atoms with van der Waals surface area (Å²) >= 11 is 5.90. The molecule has 2 nitrogen and oxygen atoms in total. The lowest BCUT2D eigenvalue weighted by atomic mass is 10.0. The van der Waals surface area contributed by atoms with Crippen LogP contribution in [0.25, 0.3) is 11.1 Å². The van der Waals surface area contributed by atoms with Crippen LogP contribution >= 0.6 is 11.6 Å². The summed E-state index contributed by atoms with van der Waals surface area (Å²) in [5, 5.41) is 9.49. The number of rotatable bonds is 2. The molecule has 0 spiro atoms. The highest BCUT2D eigenvalue weighted by atomic mass is 35.5. The van der Waals surface area contributed by atoms with Gasteiger partial charge in [-0.2, -0.15) is 0 Å². The third-order valence-electron chi connectivity index (χ3n) is 2.68. The third kappa shape index (κ3) is 2.36. The first kappa shape index (κ1) is 12.6. The Morgan fingerprint density at radius 3 is 2.56 bits per heavy atom. The molecule has 0 aliphatic heterocycles. The number of hydrogen-bond acceptors (Lipinski definition) is 1. The summed E-state index contributed by atoms with van der Waals surface area (Å²) in [4.78, 5) is 10.9. The molecule has 0 unspecified atom stereocenters. The van der Waals surface area contributed by atoms with Crippen molar-refractivity contribution in [2.45, 2.75) is 6.92 Å². The lowest BCUT2D eigenvalue weighted by Crippen LogP contribution is -1.97. The van der Waals surface area contributed by atoms with E-state index in [1.807, 2.05) is 6.92 Å². The average molecular weight is 265 g/mol. The summed E-state index contributed by atoms with van der Waals surface area (Å²) < 4.78 is 13.7. The highest BCUT2D eigenvalue weighted by molar-refractivity contribution is 6.31. The summed E-state index contributed by atoms with van der Waals surface area (Å²) in [5.41, 5.74) is 1.74. The van der Waals surface area contributed by atoms with Gasteiger partial charge in [0.05, 0.1) is 5.56 Å². The first-order valence-electron chi connectivity index (χ1n) is 5.28. The third-order valence-corrected chi connectivity index (χ3v) is 3.11. The van der Waals surface area contributed by atoms with E-state index in [0.717, 1.165) is 11.6 Å². The Morgan fingerprint density at radius 2 is 1.94 bits per heavy atom. The van der Waals surface area contributed by atoms with Gasteiger partial charge in [-0.15, -0.1) is 0 Å². The molecule has 18 heavy (non-hydrogen) atoms. The lowest BCUT2D eigenvalue weighted by Gasteiger charge is -2.07. The minimum atomic E-state index is -1.08. The number of carboxylic acid groups (broad SMARTS) is 1. The van der Waals surface area contributed by atoms with Crippen LogP contribution in [0.3, 0.4) is 0 Å². The van der Waals surface area contributed by atoms with E-state index in [1.165, 1.54) is 12.1 Å². The topological polar surface area (TPSA) is 37.3 Å². The maximum Gasteiger partial charge on any atom is 0.335 e. The quantitative estimate of drug-likeness (QED) is 0.885. The van der Waals surface area contributed by atoms with Crippen molar-refractivity contribution in [3.05, 3.63) is 58.4 Å². The maximum absolute atomic E-state index is 13.7. The number of benzene rings is 2. The molecular formula is C14H10ClFO2. The molecule has 0 heterocycles. The molecule has 2 rings (SSSR count). The predicted molar refractivity (Wildman–Crippen MR) is 68.5 cm³/mol. The first-order valence-corrected chi connectivity index (χ1v) is 5.66. The van der Waals surface area contributed by atoms with E-state index in [9.17, 15) is 9.18 Å². The van der Waals surface area contributed by atoms with Gasteiger partial charge >= 0.3 is 5.97 Å². The zero-order valence-electron chi connectivity index (χ0n) is 9.58. The van der Waals surface area contributed by atoms with E-state index in [-0.39, 0.29) is 11.1 Å². The molecule has 1 N–H and O–H groups in total. The van der Waals surface area contributed by atoms with Crippen LogP contribution in [0, 0.1) is 12.7 Å². The smallest absolute Gasteiger partial charge is 0.335 e. The largest absolute Gasteiger partial charge is 0.478 e. The average Bonchev–Trinajstić information content (AvgIpc) is 2.33. The van der Waals surface area contributed by atoms with Crippen LogP contribution in [0.2, 0.25) is 5.02 Å². The van der Waals surface area contributed by atoms with Gasteiger partial charge in [0.1, 0.15) is 5.82 Å². The number of carboxylic acids is 1. The Morgan fingerprint density at radius 1 is 1.22 bits per heavy atom. The number of aryl methyl sites for hydroxylation is 1. The molecule has 0 saturated heterocycles. The molecule has 2 aromatic rings. The van der Waals surface area contributed by atoms with Crippen LogP contribution in [-0.2, 0) is 0 Å². The van der Waals surface area contributed by atoms with Gasteiger partial charge in [0.2, 0.25) is 0 Å². The van der Waals surface area contributed by atoms with Gasteiger partial charge in [-0.3, -0.25) is 0 Å². The molecule has 0 aliphatic rings. The molecule has 0 amide bonds. The van der Waals surface area contributed by atoms with Crippen molar-refractivity contribution in [2.75, 3.05) is 0 Å². The molecule has 0 fully saturated rings. The molecule has 0 bridgehead atoms. The molecule has 0 atom stereocenters. The molecule has 92 valence electrons. The van der Waals surface area contributed by atoms with Gasteiger partial charge in [-0.05, 0) is 48.4 Å². The van der Waals surface area contributed by atoms with Crippen LogP contribution < -0.4 is 0 Å². The van der Waals surface area contributed by atoms with E-state index in [2.05, 4.69) is 0 Å². The Kier molecular flexibility index (Phi) is 3.34. The number of aromatic carboxylic acids is 1. The van der Waals surface area contributed by atoms with Gasteiger partial charge < -0.3 is 5.11 Å². The summed E-state index contributed by atoms with van der Waals surface area (Å²) in [7, 11) is 0. The Labute approximate surface area is 109 Å². The standard InChI is InChI=1S/C14H10ClFO2/c1-8-6-9(2-4-12(8)15)11-7-10(14(17)18)3-5-13(11)16/h2-7H,1H3,(H,17,18). The summed E-state index contributed by atoms with van der Waals surface area (Å²) in [6, 6.07) is 8.78. The van der Waals surface area contributed by atoms with Gasteiger partial charge in [-0.1, -0.05) is 17.7 Å². The van der Waals surface area contributed by atoms with Crippen LogP contribution in [0.4, 0.5) is 4.39 Å². The summed E-state index contributed by atoms with van der Waals surface area (Å²) in [6.07, 6.45) is 0. The molecule has 0 aromatic heterocycles. The molecule has 0 radical (unpaired) electrons. The van der Waals surface area contributed by atoms with Gasteiger partial charge in [0.25, 0.3) is 0 Å². The SMILES string of the molecule is Cc1cc(-c2cc(C(=O)O)ccc2F)ccc1Cl. The summed E-state index contributed by atoms with van der Waals surface area (Å²) in [6.45, 7) is 1.81. The number of halogens is 2. The number of hydrogen-bond donors (Lipinski definition) is 1. The molecule has 0 saturated carbocycles. The molecular weight excluding hydrogens is 255 g/mol. The van der Waals surface area contributed by atoms with Gasteiger partial charge in [0.15, 0.2) is 0 Å². The predicted octanol–water partition coefficient (Wildman–Crippen LogP) is 4.15. The van der Waals surface area contributed by atoms with Crippen molar-refractivity contribution in [1.29, 1.82) is 0 Å². The zero-order valence-corrected chi connectivity index (χ0v) is 10.3. The Bertz CT molecular complexity index is 623. The second kappa shape index (κ2) is 4.78. The fourth-order valence-electron chi connectivity index (χ4n) is 1.69. The van der Waals surface area contributed by atoms with Gasteiger partial charge in [-0.25, -0.2) is 9.18 Å². The van der Waals surface area contributed by atoms with Crippen LogP contribution in [0.15, 0.2) is 36.4 Å². The molecule has 2 aromatic carbocycles. The van der Waals surface area contributed by atoms with Crippen molar-refractivity contribution in [3.8, 4) is 11.1 Å². The van der Waals surface area contributed by atoms with Crippen molar-refractivity contribution < 1.29 is 14.3 Å². The fourth-order valence-corrected chi connectivity index (χ4v) is 1.81. The highest BCUT2D eigenvalue weighted by Crippen LogP contribution is 2.27. The summed E-state index contributed by atoms with van der Waals surface area (Å²) in [5.74, 6) is -1.54. The van der Waals surface area contributed by atoms with Gasteiger partial charge in [0, 0.05) is 10.6 Å². The monoisotopic (exact) mass is 264 g/mol. The van der Waals surface area contributed by atoms with Crippen LogP contribution in [0.5, 0.6) is 0 Å². The van der Waals surface area contributed by atoms with E-state index < -0.39 is 11.8 Å². The van der Waals surface area contributed by atoms with Crippen molar-refractivity contribution in [3.63, 3.8) is 0 Å². The van der Waals surface area contributed by atoms with E-state index in [1.54, 1.807) is 18.2 Å². The number of carbonyl (C=O) groups is 1. The van der Waals surface area contributed by atoms with E-state index in [4.69, 9.17) is 16.7 Å². The van der Waals surface area contributed by atoms with Crippen molar-refractivity contribution in [2.24, 2.45) is 0 Å². The first-order chi connectivity index (χ1) is 8.49. The van der Waals surface area contributed by atoms with Crippen molar-refractivity contribution in [1.82, 2.24) is 0 Å². The second-order valence-electron chi connectivity index (χ2n) is 3.96. The Balaban J connectivity index is 2.58. The molecule has 4 heteroatoms.